The van der Waals surface area contributed by atoms with Crippen LogP contribution < -0.4 is 5.32 Å². The van der Waals surface area contributed by atoms with Crippen molar-refractivity contribution in [3.05, 3.63) is 52.7 Å². The molecule has 1 aromatic carbocycles. The van der Waals surface area contributed by atoms with E-state index >= 15 is 0 Å². The van der Waals surface area contributed by atoms with Crippen LogP contribution >= 0.6 is 0 Å². The van der Waals surface area contributed by atoms with Gasteiger partial charge in [0.05, 0.1) is 5.56 Å². The molecule has 2 rings (SSSR count). The van der Waals surface area contributed by atoms with E-state index in [-0.39, 0.29) is 11.1 Å². The second-order valence-corrected chi connectivity index (χ2v) is 5.77. The first-order valence-electron chi connectivity index (χ1n) is 7.52. The van der Waals surface area contributed by atoms with E-state index in [1.165, 1.54) is 25.3 Å². The number of carbonyl (C=O) groups excluding carboxylic acids is 2. The van der Waals surface area contributed by atoms with E-state index in [0.717, 1.165) is 0 Å². The number of carbonyl (C=O) groups is 3. The Bertz CT molecular complexity index is 769. The normalized spacial score (nSPS) is 22.9. The number of hydrogen-bond donors (Lipinski definition) is 3. The van der Waals surface area contributed by atoms with Gasteiger partial charge in [0, 0.05) is 17.5 Å². The van der Waals surface area contributed by atoms with Crippen molar-refractivity contribution < 1.29 is 24.6 Å². The molecule has 1 aromatic rings. The zero-order chi connectivity index (χ0) is 18.1. The highest BCUT2D eigenvalue weighted by Gasteiger charge is 2.46. The first kappa shape index (κ1) is 17.6. The summed E-state index contributed by atoms with van der Waals surface area (Å²) in [6, 6.07) is 6.01. The molecule has 0 unspecified atom stereocenters. The van der Waals surface area contributed by atoms with E-state index in [1.807, 2.05) is 6.92 Å². The number of rotatable bonds is 4. The molecule has 1 aliphatic rings. The number of nitrogens with one attached hydrogen (secondary N) is 1. The molecule has 0 fully saturated rings. The van der Waals surface area contributed by atoms with Gasteiger partial charge in [-0.2, -0.15) is 0 Å². The highest BCUT2D eigenvalue weighted by Crippen LogP contribution is 2.32. The molecule has 0 radical (unpaired) electrons. The maximum absolute atomic E-state index is 12.4. The number of allylic oxidation sites excluding steroid dienone is 1. The zero-order valence-electron chi connectivity index (χ0n) is 13.7. The lowest BCUT2D eigenvalue weighted by Gasteiger charge is -2.29. The number of Topliss-reactive ketones (excluding diaryl/α,β-unsaturated/α-hetero) is 2. The Kier molecular flexibility index (Phi) is 4.71. The molecule has 1 atom stereocenters. The Morgan fingerprint density at radius 1 is 1.21 bits per heavy atom. The fourth-order valence-electron chi connectivity index (χ4n) is 2.68. The molecule has 0 aliphatic heterocycles. The van der Waals surface area contributed by atoms with Gasteiger partial charge < -0.3 is 15.5 Å². The van der Waals surface area contributed by atoms with Crippen molar-refractivity contribution in [2.75, 3.05) is 5.32 Å². The number of carboxylic acid groups (broad SMARTS) is 1. The molecule has 6 heteroatoms. The number of hydrogen-bond acceptors (Lipinski definition) is 5. The average Bonchev–Trinajstić information content (AvgIpc) is 2.56. The van der Waals surface area contributed by atoms with Gasteiger partial charge in [0.25, 0.3) is 0 Å². The molecule has 0 spiro atoms. The maximum Gasteiger partial charge on any atom is 0.335 e. The van der Waals surface area contributed by atoms with Crippen LogP contribution in [0, 0.1) is 0 Å². The molecule has 0 saturated carbocycles. The number of aromatic carboxylic acids is 1. The number of anilines is 1. The van der Waals surface area contributed by atoms with Crippen molar-refractivity contribution in [3.63, 3.8) is 0 Å². The van der Waals surface area contributed by atoms with Gasteiger partial charge in [-0.25, -0.2) is 4.79 Å². The van der Waals surface area contributed by atoms with Gasteiger partial charge >= 0.3 is 5.97 Å². The molecule has 126 valence electrons. The molecule has 24 heavy (non-hydrogen) atoms. The van der Waals surface area contributed by atoms with E-state index in [0.29, 0.717) is 23.3 Å². The average molecular weight is 329 g/mol. The zero-order valence-corrected chi connectivity index (χ0v) is 13.7. The number of carboxylic acids is 1. The minimum absolute atomic E-state index is 0.153. The minimum Gasteiger partial charge on any atom is -0.478 e. The monoisotopic (exact) mass is 329 g/mol. The van der Waals surface area contributed by atoms with Crippen LogP contribution in [0.1, 0.15) is 37.6 Å². The maximum atomic E-state index is 12.4. The first-order chi connectivity index (χ1) is 11.2. The molecule has 0 saturated heterocycles. The van der Waals surface area contributed by atoms with Crippen LogP contribution in [0.25, 0.3) is 0 Å². The first-order valence-corrected chi connectivity index (χ1v) is 7.52. The Morgan fingerprint density at radius 2 is 1.79 bits per heavy atom. The summed E-state index contributed by atoms with van der Waals surface area (Å²) in [6.07, 6.45) is 1.92. The highest BCUT2D eigenvalue weighted by atomic mass is 16.4. The van der Waals surface area contributed by atoms with Crippen molar-refractivity contribution in [1.29, 1.82) is 0 Å². The van der Waals surface area contributed by atoms with Gasteiger partial charge in [-0.1, -0.05) is 6.92 Å². The molecule has 1 aliphatic carbocycles. The third-order valence-electron chi connectivity index (χ3n) is 4.12. The van der Waals surface area contributed by atoms with Crippen molar-refractivity contribution in [3.8, 4) is 0 Å². The van der Waals surface area contributed by atoms with Crippen LogP contribution in [-0.4, -0.2) is 33.3 Å². The summed E-state index contributed by atoms with van der Waals surface area (Å²) >= 11 is 0. The summed E-state index contributed by atoms with van der Waals surface area (Å²) in [5.41, 5.74) is -0.112. The lowest BCUT2D eigenvalue weighted by Crippen LogP contribution is -2.48. The van der Waals surface area contributed by atoms with E-state index in [2.05, 4.69) is 5.32 Å². The number of benzene rings is 1. The molecule has 6 nitrogen and oxygen atoms in total. The predicted octanol–water partition coefficient (Wildman–Crippen LogP) is 2.31. The van der Waals surface area contributed by atoms with Gasteiger partial charge in [0.2, 0.25) is 5.78 Å². The van der Waals surface area contributed by atoms with Gasteiger partial charge in [-0.3, -0.25) is 9.59 Å². The number of ketones is 2. The van der Waals surface area contributed by atoms with Crippen molar-refractivity contribution >= 4 is 23.2 Å². The van der Waals surface area contributed by atoms with Crippen LogP contribution in [0.15, 0.2) is 47.2 Å². The number of aliphatic hydroxyl groups is 1. The summed E-state index contributed by atoms with van der Waals surface area (Å²) in [5, 5.41) is 22.0. The largest absolute Gasteiger partial charge is 0.478 e. The van der Waals surface area contributed by atoms with Gasteiger partial charge in [0.15, 0.2) is 11.4 Å². The van der Waals surface area contributed by atoms with Crippen molar-refractivity contribution in [2.45, 2.75) is 32.8 Å². The summed E-state index contributed by atoms with van der Waals surface area (Å²) in [7, 11) is 0. The third kappa shape index (κ3) is 3.00. The lowest BCUT2D eigenvalue weighted by atomic mass is 9.76. The van der Waals surface area contributed by atoms with Crippen LogP contribution in [0.5, 0.6) is 0 Å². The van der Waals surface area contributed by atoms with Crippen LogP contribution in [0.4, 0.5) is 5.69 Å². The van der Waals surface area contributed by atoms with Crippen LogP contribution in [-0.2, 0) is 9.59 Å². The SMILES string of the molecule is CCC1=C(C)C(=O)[C@@](C)(O)C(=O)/C1=C\Nc1ccc(C(=O)O)cc1. The third-order valence-corrected chi connectivity index (χ3v) is 4.12. The fourth-order valence-corrected chi connectivity index (χ4v) is 2.68. The predicted molar refractivity (Wildman–Crippen MR) is 88.7 cm³/mol. The Balaban J connectivity index is 2.37. The lowest BCUT2D eigenvalue weighted by molar-refractivity contribution is -0.144. The van der Waals surface area contributed by atoms with Crippen molar-refractivity contribution in [2.24, 2.45) is 0 Å². The Labute approximate surface area is 139 Å². The molecule has 0 heterocycles. The van der Waals surface area contributed by atoms with E-state index < -0.39 is 23.1 Å². The molecule has 0 amide bonds. The summed E-state index contributed by atoms with van der Waals surface area (Å²) < 4.78 is 0. The second kappa shape index (κ2) is 6.41. The van der Waals surface area contributed by atoms with E-state index in [1.54, 1.807) is 19.1 Å². The molecule has 3 N–H and O–H groups in total. The topological polar surface area (TPSA) is 104 Å². The second-order valence-electron chi connectivity index (χ2n) is 5.77. The molecular weight excluding hydrogens is 310 g/mol. The fraction of sp³-hybridized carbons (Fsp3) is 0.278. The Morgan fingerprint density at radius 3 is 2.29 bits per heavy atom. The summed E-state index contributed by atoms with van der Waals surface area (Å²) in [5.74, 6) is -2.25. The molecule has 0 bridgehead atoms. The highest BCUT2D eigenvalue weighted by molar-refractivity contribution is 6.26. The quantitative estimate of drug-likeness (QED) is 0.578. The molecule has 0 aromatic heterocycles. The smallest absolute Gasteiger partial charge is 0.335 e. The van der Waals surface area contributed by atoms with E-state index in [4.69, 9.17) is 5.11 Å². The van der Waals surface area contributed by atoms with Crippen LogP contribution in [0.2, 0.25) is 0 Å². The minimum atomic E-state index is -2.07. The van der Waals surface area contributed by atoms with Gasteiger partial charge in [-0.15, -0.1) is 0 Å². The summed E-state index contributed by atoms with van der Waals surface area (Å²) in [6.45, 7) is 4.62. The Hall–Kier alpha value is -2.73. The van der Waals surface area contributed by atoms with Gasteiger partial charge in [-0.05, 0) is 55.7 Å². The van der Waals surface area contributed by atoms with Gasteiger partial charge in [0.1, 0.15) is 0 Å². The van der Waals surface area contributed by atoms with Crippen molar-refractivity contribution in [1.82, 2.24) is 0 Å². The standard InChI is InChI=1S/C18H19NO5/c1-4-13-10(2)15(20)18(3,24)16(21)14(13)9-19-12-7-5-11(6-8-12)17(22)23/h5-9,19,24H,4H2,1-3H3,(H,22,23)/b14-9-/t18-/m1/s1. The van der Waals surface area contributed by atoms with Crippen LogP contribution in [0.3, 0.4) is 0 Å². The molecular formula is C18H19NO5. The summed E-state index contributed by atoms with van der Waals surface area (Å²) in [4.78, 5) is 35.4. The van der Waals surface area contributed by atoms with E-state index in [9.17, 15) is 19.5 Å².